The molecule has 34 heavy (non-hydrogen) atoms. The van der Waals surface area contributed by atoms with E-state index in [1.807, 2.05) is 60.4 Å². The standard InChI is InChI=1S/C26H29N5O3/c1-18-6-8-19(9-7-18)25-28-23(34-29-25)17-30-12-14-31(15-13-30)24(32)11-10-21-16-20-4-2-3-5-22(20)27-26(21)33/h2-9,21H,10-17H2,1H3,(H,27,33). The second-order valence-electron chi connectivity index (χ2n) is 9.12. The Morgan fingerprint density at radius 3 is 2.65 bits per heavy atom. The zero-order valence-corrected chi connectivity index (χ0v) is 19.4. The van der Waals surface area contributed by atoms with E-state index in [9.17, 15) is 9.59 Å². The van der Waals surface area contributed by atoms with Crippen molar-refractivity contribution in [3.8, 4) is 11.4 Å². The lowest BCUT2D eigenvalue weighted by Crippen LogP contribution is -2.48. The molecule has 1 saturated heterocycles. The molecule has 3 aromatic rings. The lowest BCUT2D eigenvalue weighted by Gasteiger charge is -2.34. The number of carbonyl (C=O) groups excluding carboxylic acids is 2. The largest absolute Gasteiger partial charge is 0.340 e. The van der Waals surface area contributed by atoms with Crippen molar-refractivity contribution in [2.75, 3.05) is 31.5 Å². The highest BCUT2D eigenvalue weighted by Gasteiger charge is 2.28. The third-order valence-corrected chi connectivity index (χ3v) is 6.68. The quantitative estimate of drug-likeness (QED) is 0.608. The summed E-state index contributed by atoms with van der Waals surface area (Å²) in [5.74, 6) is 1.16. The van der Waals surface area contributed by atoms with E-state index < -0.39 is 0 Å². The molecule has 0 radical (unpaired) electrons. The number of anilines is 1. The van der Waals surface area contributed by atoms with E-state index in [0.29, 0.717) is 50.6 Å². The minimum absolute atomic E-state index is 0.0147. The number of aryl methyl sites for hydroxylation is 1. The van der Waals surface area contributed by atoms with Crippen LogP contribution in [0.5, 0.6) is 0 Å². The molecule has 0 bridgehead atoms. The van der Waals surface area contributed by atoms with Gasteiger partial charge in [0.1, 0.15) is 0 Å². The van der Waals surface area contributed by atoms with Gasteiger partial charge in [0.25, 0.3) is 0 Å². The summed E-state index contributed by atoms with van der Waals surface area (Å²) in [6.45, 7) is 5.45. The van der Waals surface area contributed by atoms with Crippen molar-refractivity contribution in [2.24, 2.45) is 5.92 Å². The maximum Gasteiger partial charge on any atom is 0.241 e. The fraction of sp³-hybridized carbons (Fsp3) is 0.385. The zero-order valence-electron chi connectivity index (χ0n) is 19.4. The fourth-order valence-electron chi connectivity index (χ4n) is 4.59. The van der Waals surface area contributed by atoms with E-state index in [0.717, 1.165) is 29.9 Å². The number of hydrogen-bond acceptors (Lipinski definition) is 6. The summed E-state index contributed by atoms with van der Waals surface area (Å²) < 4.78 is 5.45. The van der Waals surface area contributed by atoms with Gasteiger partial charge in [0.05, 0.1) is 6.54 Å². The number of amides is 2. The van der Waals surface area contributed by atoms with Gasteiger partial charge in [0.15, 0.2) is 0 Å². The van der Waals surface area contributed by atoms with Gasteiger partial charge in [-0.2, -0.15) is 4.98 Å². The number of nitrogens with one attached hydrogen (secondary N) is 1. The average Bonchev–Trinajstić information content (AvgIpc) is 3.32. The van der Waals surface area contributed by atoms with Gasteiger partial charge in [-0.1, -0.05) is 53.2 Å². The number of nitrogens with zero attached hydrogens (tertiary/aromatic N) is 4. The molecule has 2 aliphatic rings. The van der Waals surface area contributed by atoms with E-state index in [1.165, 1.54) is 5.56 Å². The molecule has 8 nitrogen and oxygen atoms in total. The van der Waals surface area contributed by atoms with Crippen LogP contribution in [-0.4, -0.2) is 57.9 Å². The lowest BCUT2D eigenvalue weighted by atomic mass is 9.89. The molecule has 0 saturated carbocycles. The summed E-state index contributed by atoms with van der Waals surface area (Å²) in [5, 5.41) is 7.07. The molecule has 1 N–H and O–H groups in total. The Balaban J connectivity index is 1.08. The molecule has 8 heteroatoms. The van der Waals surface area contributed by atoms with Gasteiger partial charge in [-0.3, -0.25) is 14.5 Å². The van der Waals surface area contributed by atoms with E-state index >= 15 is 0 Å². The summed E-state index contributed by atoms with van der Waals surface area (Å²) in [4.78, 5) is 33.8. The molecule has 2 aliphatic heterocycles. The Kier molecular flexibility index (Phi) is 6.40. The topological polar surface area (TPSA) is 91.6 Å². The molecule has 2 amide bonds. The molecular weight excluding hydrogens is 430 g/mol. The molecule has 3 heterocycles. The van der Waals surface area contributed by atoms with Crippen molar-refractivity contribution in [1.82, 2.24) is 19.9 Å². The van der Waals surface area contributed by atoms with Gasteiger partial charge in [0, 0.05) is 49.8 Å². The van der Waals surface area contributed by atoms with E-state index in [1.54, 1.807) is 0 Å². The molecule has 5 rings (SSSR count). The van der Waals surface area contributed by atoms with Crippen LogP contribution in [0.1, 0.15) is 29.9 Å². The van der Waals surface area contributed by atoms with Crippen LogP contribution < -0.4 is 5.32 Å². The molecule has 1 atom stereocenters. The van der Waals surface area contributed by atoms with Crippen LogP contribution >= 0.6 is 0 Å². The Morgan fingerprint density at radius 2 is 1.85 bits per heavy atom. The molecule has 176 valence electrons. The molecule has 1 unspecified atom stereocenters. The molecule has 1 aromatic heterocycles. The van der Waals surface area contributed by atoms with Crippen LogP contribution in [0.15, 0.2) is 53.1 Å². The first kappa shape index (κ1) is 22.3. The van der Waals surface area contributed by atoms with Crippen LogP contribution in [0.25, 0.3) is 11.4 Å². The molecular formula is C26H29N5O3. The van der Waals surface area contributed by atoms with E-state index in [4.69, 9.17) is 4.52 Å². The maximum atomic E-state index is 12.8. The number of hydrogen-bond donors (Lipinski definition) is 1. The summed E-state index contributed by atoms with van der Waals surface area (Å²) in [6.07, 6.45) is 1.66. The number of piperazine rings is 1. The number of rotatable bonds is 6. The van der Waals surface area contributed by atoms with Gasteiger partial charge in [-0.15, -0.1) is 0 Å². The van der Waals surface area contributed by atoms with Gasteiger partial charge in [0.2, 0.25) is 23.5 Å². The van der Waals surface area contributed by atoms with Gasteiger partial charge < -0.3 is 14.7 Å². The average molecular weight is 460 g/mol. The first-order valence-electron chi connectivity index (χ1n) is 11.8. The monoisotopic (exact) mass is 459 g/mol. The second kappa shape index (κ2) is 9.77. The summed E-state index contributed by atoms with van der Waals surface area (Å²) in [7, 11) is 0. The van der Waals surface area contributed by atoms with Crippen LogP contribution in [0.4, 0.5) is 5.69 Å². The Morgan fingerprint density at radius 1 is 1.09 bits per heavy atom. The highest BCUT2D eigenvalue weighted by molar-refractivity contribution is 5.96. The number of fused-ring (bicyclic) bond motifs is 1. The smallest absolute Gasteiger partial charge is 0.241 e. The third kappa shape index (κ3) is 5.02. The second-order valence-corrected chi connectivity index (χ2v) is 9.12. The SMILES string of the molecule is Cc1ccc(-c2noc(CN3CCN(C(=O)CCC4Cc5ccccc5NC4=O)CC3)n2)cc1. The minimum atomic E-state index is -0.152. The third-order valence-electron chi connectivity index (χ3n) is 6.68. The van der Waals surface area contributed by atoms with Crippen molar-refractivity contribution in [1.29, 1.82) is 0 Å². The Labute approximate surface area is 198 Å². The van der Waals surface area contributed by atoms with Crippen LogP contribution in [0.3, 0.4) is 0 Å². The van der Waals surface area contributed by atoms with Crippen molar-refractivity contribution < 1.29 is 14.1 Å². The summed E-state index contributed by atoms with van der Waals surface area (Å²) >= 11 is 0. The van der Waals surface area contributed by atoms with Gasteiger partial charge >= 0.3 is 0 Å². The number of benzene rings is 2. The van der Waals surface area contributed by atoms with Crippen LogP contribution in [0.2, 0.25) is 0 Å². The first-order valence-corrected chi connectivity index (χ1v) is 11.8. The molecule has 2 aromatic carbocycles. The normalized spacial score (nSPS) is 18.4. The minimum Gasteiger partial charge on any atom is -0.340 e. The van der Waals surface area contributed by atoms with Gasteiger partial charge in [-0.05, 0) is 31.4 Å². The summed E-state index contributed by atoms with van der Waals surface area (Å²) in [5.41, 5.74) is 4.15. The summed E-state index contributed by atoms with van der Waals surface area (Å²) in [6, 6.07) is 15.9. The lowest BCUT2D eigenvalue weighted by molar-refractivity contribution is -0.133. The van der Waals surface area contributed by atoms with Crippen molar-refractivity contribution >= 4 is 17.5 Å². The van der Waals surface area contributed by atoms with Gasteiger partial charge in [-0.25, -0.2) is 0 Å². The number of para-hydroxylation sites is 1. The van der Waals surface area contributed by atoms with Crippen molar-refractivity contribution in [3.63, 3.8) is 0 Å². The molecule has 0 aliphatic carbocycles. The molecule has 0 spiro atoms. The fourth-order valence-corrected chi connectivity index (χ4v) is 4.59. The predicted molar refractivity (Wildman–Crippen MR) is 128 cm³/mol. The van der Waals surface area contributed by atoms with E-state index in [-0.39, 0.29) is 17.7 Å². The van der Waals surface area contributed by atoms with Crippen molar-refractivity contribution in [2.45, 2.75) is 32.7 Å². The first-order chi connectivity index (χ1) is 16.5. The number of aromatic nitrogens is 2. The number of carbonyl (C=O) groups is 2. The Bertz CT molecular complexity index is 1170. The highest BCUT2D eigenvalue weighted by Crippen LogP contribution is 2.27. The van der Waals surface area contributed by atoms with E-state index in [2.05, 4.69) is 20.4 Å². The maximum absolute atomic E-state index is 12.8. The van der Waals surface area contributed by atoms with Crippen molar-refractivity contribution in [3.05, 3.63) is 65.5 Å². The van der Waals surface area contributed by atoms with Crippen LogP contribution in [0, 0.1) is 12.8 Å². The highest BCUT2D eigenvalue weighted by atomic mass is 16.5. The predicted octanol–water partition coefficient (Wildman–Crippen LogP) is 3.28. The Hall–Kier alpha value is -3.52. The molecule has 1 fully saturated rings. The zero-order chi connectivity index (χ0) is 23.5. The van der Waals surface area contributed by atoms with Crippen LogP contribution in [-0.2, 0) is 22.6 Å².